The van der Waals surface area contributed by atoms with Crippen LogP contribution in [0.25, 0.3) is 11.2 Å². The van der Waals surface area contributed by atoms with Gasteiger partial charge in [-0.1, -0.05) is 27.7 Å². The summed E-state index contributed by atoms with van der Waals surface area (Å²) in [6, 6.07) is 7.98. The molecule has 18 heavy (non-hydrogen) atoms. The van der Waals surface area contributed by atoms with E-state index in [2.05, 4.69) is 35.9 Å². The molecule has 0 aliphatic rings. The molecular weight excluding hydrogens is 336 g/mol. The number of hydrogen-bond acceptors (Lipinski definition) is 4. The van der Waals surface area contributed by atoms with Crippen molar-refractivity contribution in [1.29, 1.82) is 0 Å². The van der Waals surface area contributed by atoms with Crippen molar-refractivity contribution in [1.82, 2.24) is 19.9 Å². The van der Waals surface area contributed by atoms with Gasteiger partial charge in [0.2, 0.25) is 5.28 Å². The molecule has 0 atom stereocenters. The van der Waals surface area contributed by atoms with E-state index in [1.54, 1.807) is 6.33 Å². The Morgan fingerprint density at radius 2 is 1.94 bits per heavy atom. The lowest BCUT2D eigenvalue weighted by Crippen LogP contribution is -1.88. The van der Waals surface area contributed by atoms with Crippen molar-refractivity contribution < 1.29 is 0 Å². The molecule has 1 N–H and O–H groups in total. The third-order valence-corrected chi connectivity index (χ3v) is 3.95. The molecule has 0 amide bonds. The van der Waals surface area contributed by atoms with Gasteiger partial charge in [-0.3, -0.25) is 0 Å². The summed E-state index contributed by atoms with van der Waals surface area (Å²) in [5.41, 5.74) is 1.38. The van der Waals surface area contributed by atoms with Gasteiger partial charge in [0.1, 0.15) is 10.5 Å². The summed E-state index contributed by atoms with van der Waals surface area (Å²) >= 11 is 10.8. The van der Waals surface area contributed by atoms with Crippen molar-refractivity contribution in [2.24, 2.45) is 0 Å². The van der Waals surface area contributed by atoms with Gasteiger partial charge in [-0.15, -0.1) is 0 Å². The van der Waals surface area contributed by atoms with E-state index in [0.717, 1.165) is 19.9 Å². The van der Waals surface area contributed by atoms with E-state index in [1.807, 2.05) is 24.3 Å². The highest BCUT2D eigenvalue weighted by atomic mass is 79.9. The van der Waals surface area contributed by atoms with Crippen LogP contribution >= 0.6 is 39.3 Å². The Balaban J connectivity index is 2.03. The fourth-order valence-corrected chi connectivity index (χ4v) is 2.83. The molecule has 2 aromatic heterocycles. The van der Waals surface area contributed by atoms with Crippen molar-refractivity contribution in [3.8, 4) is 0 Å². The van der Waals surface area contributed by atoms with Crippen molar-refractivity contribution >= 4 is 50.5 Å². The van der Waals surface area contributed by atoms with Crippen LogP contribution in [0, 0.1) is 0 Å². The van der Waals surface area contributed by atoms with Gasteiger partial charge in [-0.05, 0) is 35.9 Å². The Kier molecular flexibility index (Phi) is 3.23. The van der Waals surface area contributed by atoms with Crippen LogP contribution in [0.5, 0.6) is 0 Å². The third-order valence-electron chi connectivity index (χ3n) is 2.25. The minimum atomic E-state index is 0.203. The second-order valence-electron chi connectivity index (χ2n) is 3.45. The zero-order valence-corrected chi connectivity index (χ0v) is 12.1. The van der Waals surface area contributed by atoms with Crippen LogP contribution < -0.4 is 0 Å². The van der Waals surface area contributed by atoms with Gasteiger partial charge in [-0.25, -0.2) is 9.97 Å². The van der Waals surface area contributed by atoms with Crippen LogP contribution in [-0.2, 0) is 0 Å². The first-order chi connectivity index (χ1) is 8.72. The molecule has 0 radical (unpaired) electrons. The van der Waals surface area contributed by atoms with Crippen LogP contribution in [0.2, 0.25) is 5.28 Å². The molecular formula is C11H6BrClN4S. The molecule has 0 unspecified atom stereocenters. The highest BCUT2D eigenvalue weighted by molar-refractivity contribution is 9.10. The molecule has 0 fully saturated rings. The maximum Gasteiger partial charge on any atom is 0.225 e. The third kappa shape index (κ3) is 2.36. The normalized spacial score (nSPS) is 11.0. The maximum absolute atomic E-state index is 5.88. The Labute approximate surface area is 120 Å². The number of fused-ring (bicyclic) bond motifs is 1. The largest absolute Gasteiger partial charge is 0.341 e. The number of benzene rings is 1. The van der Waals surface area contributed by atoms with Gasteiger partial charge in [0, 0.05) is 9.37 Å². The number of halogens is 2. The number of rotatable bonds is 2. The minimum absolute atomic E-state index is 0.203. The summed E-state index contributed by atoms with van der Waals surface area (Å²) in [6.07, 6.45) is 1.58. The van der Waals surface area contributed by atoms with E-state index in [0.29, 0.717) is 5.65 Å². The molecule has 4 nitrogen and oxygen atoms in total. The summed E-state index contributed by atoms with van der Waals surface area (Å²) in [5, 5.41) is 0.971. The molecule has 1 aromatic carbocycles. The van der Waals surface area contributed by atoms with Gasteiger partial charge in [0.25, 0.3) is 0 Å². The highest BCUT2D eigenvalue weighted by Crippen LogP contribution is 2.31. The lowest BCUT2D eigenvalue weighted by atomic mass is 10.4. The number of nitrogens with one attached hydrogen (secondary N) is 1. The summed E-state index contributed by atoms with van der Waals surface area (Å²) < 4.78 is 1.04. The molecule has 0 saturated carbocycles. The summed E-state index contributed by atoms with van der Waals surface area (Å²) in [7, 11) is 0. The highest BCUT2D eigenvalue weighted by Gasteiger charge is 2.10. The molecule has 0 spiro atoms. The standard InChI is InChI=1S/C11H6BrClN4S/c12-6-1-3-7(4-2-6)18-10-8-9(15-5-14-8)16-11(13)17-10/h1-5H,(H,14,15,16,17). The molecule has 3 aromatic rings. The van der Waals surface area contributed by atoms with Crippen LogP contribution in [0.4, 0.5) is 0 Å². The Morgan fingerprint density at radius 1 is 1.17 bits per heavy atom. The predicted molar refractivity (Wildman–Crippen MR) is 75.0 cm³/mol. The van der Waals surface area contributed by atoms with E-state index in [4.69, 9.17) is 11.6 Å². The SMILES string of the molecule is Clc1nc(Sc2ccc(Br)cc2)c2[nH]cnc2n1. The van der Waals surface area contributed by atoms with Gasteiger partial charge in [0.15, 0.2) is 5.65 Å². The molecule has 0 aliphatic carbocycles. The molecule has 90 valence electrons. The first-order valence-electron chi connectivity index (χ1n) is 5.02. The van der Waals surface area contributed by atoms with Crippen LogP contribution in [-0.4, -0.2) is 19.9 Å². The molecule has 0 saturated heterocycles. The second-order valence-corrected chi connectivity index (χ2v) is 5.77. The van der Waals surface area contributed by atoms with Crippen molar-refractivity contribution in [2.75, 3.05) is 0 Å². The first-order valence-corrected chi connectivity index (χ1v) is 7.01. The Bertz CT molecular complexity index is 698. The lowest BCUT2D eigenvalue weighted by Gasteiger charge is -2.02. The minimum Gasteiger partial charge on any atom is -0.341 e. The van der Waals surface area contributed by atoms with Crippen LogP contribution in [0.1, 0.15) is 0 Å². The van der Waals surface area contributed by atoms with Crippen molar-refractivity contribution in [3.05, 3.63) is 40.3 Å². The number of H-pyrrole nitrogens is 1. The van der Waals surface area contributed by atoms with Crippen molar-refractivity contribution in [2.45, 2.75) is 9.92 Å². The van der Waals surface area contributed by atoms with E-state index >= 15 is 0 Å². The van der Waals surface area contributed by atoms with Gasteiger partial charge < -0.3 is 4.98 Å². The quantitative estimate of drug-likeness (QED) is 0.567. The summed E-state index contributed by atoms with van der Waals surface area (Å²) in [5.74, 6) is 0. The Hall–Kier alpha value is -1.11. The number of aromatic nitrogens is 4. The molecule has 2 heterocycles. The first kappa shape index (κ1) is 12.0. The molecule has 7 heteroatoms. The van der Waals surface area contributed by atoms with Gasteiger partial charge >= 0.3 is 0 Å². The zero-order valence-electron chi connectivity index (χ0n) is 8.89. The van der Waals surface area contributed by atoms with E-state index < -0.39 is 0 Å². The summed E-state index contributed by atoms with van der Waals surface area (Å²) in [4.78, 5) is 16.4. The molecule has 3 rings (SSSR count). The number of nitrogens with zero attached hydrogens (tertiary/aromatic N) is 3. The monoisotopic (exact) mass is 340 g/mol. The van der Waals surface area contributed by atoms with E-state index in [9.17, 15) is 0 Å². The average Bonchev–Trinajstić information content (AvgIpc) is 2.80. The fourth-order valence-electron chi connectivity index (χ4n) is 1.47. The molecule has 0 aliphatic heterocycles. The summed E-state index contributed by atoms with van der Waals surface area (Å²) in [6.45, 7) is 0. The smallest absolute Gasteiger partial charge is 0.225 e. The maximum atomic E-state index is 5.88. The number of hydrogen-bond donors (Lipinski definition) is 1. The second kappa shape index (κ2) is 4.87. The molecule has 0 bridgehead atoms. The van der Waals surface area contributed by atoms with Crippen molar-refractivity contribution in [3.63, 3.8) is 0 Å². The predicted octanol–water partition coefficient (Wildman–Crippen LogP) is 3.92. The number of imidazole rings is 1. The van der Waals surface area contributed by atoms with Gasteiger partial charge in [0.05, 0.1) is 6.33 Å². The lowest BCUT2D eigenvalue weighted by molar-refractivity contribution is 1.08. The topological polar surface area (TPSA) is 54.5 Å². The van der Waals surface area contributed by atoms with Crippen LogP contribution in [0.15, 0.2) is 45.0 Å². The Morgan fingerprint density at radius 3 is 2.72 bits per heavy atom. The zero-order chi connectivity index (χ0) is 12.5. The van der Waals surface area contributed by atoms with E-state index in [1.165, 1.54) is 11.8 Å². The number of aromatic amines is 1. The van der Waals surface area contributed by atoms with Gasteiger partial charge in [-0.2, -0.15) is 4.98 Å². The van der Waals surface area contributed by atoms with E-state index in [-0.39, 0.29) is 5.28 Å². The van der Waals surface area contributed by atoms with Crippen LogP contribution in [0.3, 0.4) is 0 Å². The fraction of sp³-hybridized carbons (Fsp3) is 0. The average molecular weight is 342 g/mol.